The molecule has 0 aliphatic carbocycles. The van der Waals surface area contributed by atoms with Crippen LogP contribution in [-0.4, -0.2) is 11.3 Å². The van der Waals surface area contributed by atoms with Gasteiger partial charge >= 0.3 is 5.97 Å². The zero-order chi connectivity index (χ0) is 14.0. The number of rotatable bonds is 3. The first kappa shape index (κ1) is 14.2. The molecule has 1 heterocycles. The largest absolute Gasteiger partial charge is 0.425 e. The van der Waals surface area contributed by atoms with Crippen LogP contribution in [0.4, 0.5) is 0 Å². The molecule has 1 aliphatic rings. The van der Waals surface area contributed by atoms with E-state index in [1.807, 2.05) is 0 Å². The summed E-state index contributed by atoms with van der Waals surface area (Å²) in [5, 5.41) is 2.76. The van der Waals surface area contributed by atoms with Gasteiger partial charge in [-0.2, -0.15) is 14.0 Å². The molecule has 0 N–H and O–H groups in total. The second kappa shape index (κ2) is 5.41. The summed E-state index contributed by atoms with van der Waals surface area (Å²) in [6.07, 6.45) is 0. The number of halogens is 1. The first-order valence-electron chi connectivity index (χ1n) is 5.02. The Kier molecular flexibility index (Phi) is 4.04. The van der Waals surface area contributed by atoms with Crippen molar-refractivity contribution in [2.75, 3.05) is 0 Å². The highest BCUT2D eigenvalue weighted by Gasteiger charge is 2.25. The third-order valence-corrected chi connectivity index (χ3v) is 4.23. The monoisotopic (exact) mass is 304 g/mol. The molecule has 0 bridgehead atoms. The van der Waals surface area contributed by atoms with Crippen molar-refractivity contribution < 1.29 is 37.5 Å². The molecule has 8 heteroatoms. The fourth-order valence-corrected chi connectivity index (χ4v) is 3.43. The standard InChI is InChI=1S/C11H9ClO6S/c1-8(13)17-11-7-19(18-12(14,15)16)6-9-4-2-3-5-10(9)11/h2-7H,1H3. The minimum absolute atomic E-state index is 0.174. The molecule has 0 saturated heterocycles. The van der Waals surface area contributed by atoms with Gasteiger partial charge in [0.1, 0.15) is 20.3 Å². The van der Waals surface area contributed by atoms with Crippen molar-refractivity contribution in [3.8, 4) is 0 Å². The van der Waals surface area contributed by atoms with E-state index in [1.54, 1.807) is 24.3 Å². The highest BCUT2D eigenvalue weighted by molar-refractivity contribution is 8.13. The quantitative estimate of drug-likeness (QED) is 0.513. The van der Waals surface area contributed by atoms with Crippen LogP contribution < -0.4 is 14.0 Å². The van der Waals surface area contributed by atoms with Gasteiger partial charge in [-0.25, -0.2) is 0 Å². The van der Waals surface area contributed by atoms with Crippen molar-refractivity contribution in [1.82, 2.24) is 0 Å². The molecular formula is C11H9ClO6S. The molecule has 2 rings (SSSR count). The summed E-state index contributed by atoms with van der Waals surface area (Å²) in [5.41, 5.74) is 1.26. The number of carbonyl (C=O) groups excluding carboxylic acids is 1. The SMILES string of the molecule is CC(=O)OC1=CS(O[Cl+3]([O-])([O-])[O-])=Cc2ccccc21. The fourth-order valence-electron chi connectivity index (χ4n) is 1.51. The molecule has 0 spiro atoms. The average molecular weight is 305 g/mol. The lowest BCUT2D eigenvalue weighted by Gasteiger charge is -2.17. The minimum atomic E-state index is -4.55. The zero-order valence-corrected chi connectivity index (χ0v) is 11.3. The zero-order valence-electron chi connectivity index (χ0n) is 9.70. The molecule has 0 amide bonds. The lowest BCUT2D eigenvalue weighted by molar-refractivity contribution is -1.91. The van der Waals surface area contributed by atoms with Gasteiger partial charge in [0, 0.05) is 17.9 Å². The van der Waals surface area contributed by atoms with Gasteiger partial charge in [0.25, 0.3) is 0 Å². The molecule has 1 aliphatic heterocycles. The van der Waals surface area contributed by atoms with Crippen molar-refractivity contribution in [1.29, 1.82) is 0 Å². The molecule has 19 heavy (non-hydrogen) atoms. The Morgan fingerprint density at radius 2 is 1.95 bits per heavy atom. The van der Waals surface area contributed by atoms with Gasteiger partial charge in [-0.15, -0.1) is 0 Å². The summed E-state index contributed by atoms with van der Waals surface area (Å²) in [6, 6.07) is 6.89. The van der Waals surface area contributed by atoms with Gasteiger partial charge in [0.15, 0.2) is 0 Å². The molecule has 0 radical (unpaired) electrons. The van der Waals surface area contributed by atoms with E-state index in [9.17, 15) is 18.8 Å². The van der Waals surface area contributed by atoms with Crippen molar-refractivity contribution in [2.24, 2.45) is 0 Å². The van der Waals surface area contributed by atoms with Crippen molar-refractivity contribution in [2.45, 2.75) is 6.92 Å². The number of carbonyl (C=O) groups is 1. The van der Waals surface area contributed by atoms with Crippen molar-refractivity contribution in [3.05, 3.63) is 40.8 Å². The molecule has 1 aromatic carbocycles. The predicted octanol–water partition coefficient (Wildman–Crippen LogP) is -1.19. The normalized spacial score (nSPS) is 18.1. The van der Waals surface area contributed by atoms with E-state index in [2.05, 4.69) is 3.74 Å². The second-order valence-corrected chi connectivity index (χ2v) is 5.94. The lowest BCUT2D eigenvalue weighted by atomic mass is 10.1. The van der Waals surface area contributed by atoms with Gasteiger partial charge in [-0.05, 0) is 5.56 Å². The van der Waals surface area contributed by atoms with E-state index in [0.29, 0.717) is 11.1 Å². The van der Waals surface area contributed by atoms with E-state index in [4.69, 9.17) is 4.74 Å². The Hall–Kier alpha value is -1.22. The molecule has 0 saturated carbocycles. The lowest BCUT2D eigenvalue weighted by Crippen LogP contribution is -2.60. The topological polar surface area (TPSA) is 105 Å². The van der Waals surface area contributed by atoms with Crippen LogP contribution in [0.2, 0.25) is 0 Å². The summed E-state index contributed by atoms with van der Waals surface area (Å²) < 4.78 is 41.1. The first-order valence-corrected chi connectivity index (χ1v) is 7.53. The first-order chi connectivity index (χ1) is 8.85. The number of ether oxygens (including phenoxy) is 1. The Morgan fingerprint density at radius 3 is 2.58 bits per heavy atom. The van der Waals surface area contributed by atoms with E-state index >= 15 is 0 Å². The van der Waals surface area contributed by atoms with Crippen LogP contribution in [0.15, 0.2) is 29.7 Å². The maximum absolute atomic E-state index is 11.0. The summed E-state index contributed by atoms with van der Waals surface area (Å²) in [6.45, 7) is 1.23. The molecule has 102 valence electrons. The Morgan fingerprint density at radius 1 is 1.26 bits per heavy atom. The van der Waals surface area contributed by atoms with Crippen LogP contribution in [0.25, 0.3) is 5.76 Å². The maximum Gasteiger partial charge on any atom is 0.308 e. The molecule has 0 fully saturated rings. The average Bonchev–Trinajstić information content (AvgIpc) is 2.25. The molecule has 1 aromatic rings. The highest BCUT2D eigenvalue weighted by Crippen LogP contribution is 2.33. The molecule has 1 atom stereocenters. The minimum Gasteiger partial charge on any atom is -0.425 e. The fraction of sp³-hybridized carbons (Fsp3) is 0.0909. The van der Waals surface area contributed by atoms with E-state index in [0.717, 1.165) is 0 Å². The van der Waals surface area contributed by atoms with E-state index < -0.39 is 27.0 Å². The van der Waals surface area contributed by atoms with Gasteiger partial charge in [-0.3, -0.25) is 4.79 Å². The smallest absolute Gasteiger partial charge is 0.308 e. The molecule has 1 unspecified atom stereocenters. The van der Waals surface area contributed by atoms with Crippen LogP contribution in [0, 0.1) is 10.2 Å². The summed E-state index contributed by atoms with van der Waals surface area (Å²) in [5.74, 6) is -0.373. The molecule has 6 nitrogen and oxygen atoms in total. The predicted molar refractivity (Wildman–Crippen MR) is 60.0 cm³/mol. The Bertz CT molecular complexity index is 575. The number of benzene rings is 1. The number of fused-ring (bicyclic) bond motifs is 1. The van der Waals surface area contributed by atoms with Crippen LogP contribution >= 0.6 is 10.8 Å². The third kappa shape index (κ3) is 3.87. The molecular weight excluding hydrogens is 296 g/mol. The van der Waals surface area contributed by atoms with Gasteiger partial charge in [-0.1, -0.05) is 24.3 Å². The van der Waals surface area contributed by atoms with Gasteiger partial charge in [0.2, 0.25) is 0 Å². The van der Waals surface area contributed by atoms with Crippen LogP contribution in [0.1, 0.15) is 18.1 Å². The second-order valence-electron chi connectivity index (χ2n) is 3.55. The number of hydrogen-bond donors (Lipinski definition) is 0. The number of esters is 1. The van der Waals surface area contributed by atoms with Crippen LogP contribution in [0.5, 0.6) is 0 Å². The van der Waals surface area contributed by atoms with Crippen LogP contribution in [0.3, 0.4) is 0 Å². The Balaban J connectivity index is 2.41. The highest BCUT2D eigenvalue weighted by atomic mass is 35.7. The van der Waals surface area contributed by atoms with Gasteiger partial charge < -0.3 is 4.74 Å². The Labute approximate surface area is 113 Å². The van der Waals surface area contributed by atoms with Crippen LogP contribution in [-0.2, 0) is 13.3 Å². The molecule has 0 aromatic heterocycles. The van der Waals surface area contributed by atoms with Crippen molar-refractivity contribution in [3.63, 3.8) is 0 Å². The summed E-state index contributed by atoms with van der Waals surface area (Å²) >= 11 is 0. The third-order valence-electron chi connectivity index (χ3n) is 2.10. The summed E-state index contributed by atoms with van der Waals surface area (Å²) in [4.78, 5) is 11.0. The van der Waals surface area contributed by atoms with Crippen molar-refractivity contribution >= 4 is 27.9 Å². The van der Waals surface area contributed by atoms with E-state index in [-0.39, 0.29) is 5.76 Å². The van der Waals surface area contributed by atoms with Gasteiger partial charge in [0.05, 0.1) is 15.7 Å². The maximum atomic E-state index is 11.0. The number of hydrogen-bond acceptors (Lipinski definition) is 6. The summed E-state index contributed by atoms with van der Waals surface area (Å²) in [7, 11) is -5.95. The van der Waals surface area contributed by atoms with E-state index in [1.165, 1.54) is 17.7 Å².